The van der Waals surface area contributed by atoms with E-state index in [-0.39, 0.29) is 23.6 Å². The zero-order valence-corrected chi connectivity index (χ0v) is 11.4. The van der Waals surface area contributed by atoms with Gasteiger partial charge in [0.2, 0.25) is 0 Å². The lowest BCUT2D eigenvalue weighted by atomic mass is 10.2. The van der Waals surface area contributed by atoms with Gasteiger partial charge in [0.05, 0.1) is 0 Å². The lowest BCUT2D eigenvalue weighted by Gasteiger charge is -2.13. The molecule has 4 nitrogen and oxygen atoms in total. The number of nitrogens with one attached hydrogen (secondary N) is 1. The molecule has 18 heavy (non-hydrogen) atoms. The van der Waals surface area contributed by atoms with Crippen molar-refractivity contribution in [2.45, 2.75) is 12.3 Å². The standard InChI is InChI=1S/C12H13ClN2O2S/c1-8-2-4-9(5-3-8)14-10-11(16)15(7-6-13)12(17)18-10/h2-5,10,14H,6-7H2,1H3. The van der Waals surface area contributed by atoms with Crippen molar-refractivity contribution in [2.75, 3.05) is 17.7 Å². The van der Waals surface area contributed by atoms with Crippen LogP contribution in [0, 0.1) is 6.92 Å². The van der Waals surface area contributed by atoms with Gasteiger partial charge in [0.25, 0.3) is 11.1 Å². The Kier molecular flexibility index (Phi) is 4.14. The molecule has 0 bridgehead atoms. The van der Waals surface area contributed by atoms with Gasteiger partial charge in [-0.3, -0.25) is 14.5 Å². The van der Waals surface area contributed by atoms with E-state index in [0.717, 1.165) is 23.0 Å². The minimum atomic E-state index is -0.552. The Bertz CT molecular complexity index is 464. The molecule has 2 rings (SSSR count). The Balaban J connectivity index is 2.05. The maximum absolute atomic E-state index is 11.9. The first-order valence-corrected chi connectivity index (χ1v) is 6.94. The molecular formula is C12H13ClN2O2S. The van der Waals surface area contributed by atoms with Crippen LogP contribution in [0.25, 0.3) is 0 Å². The molecule has 1 atom stereocenters. The number of carbonyl (C=O) groups excluding carboxylic acids is 2. The van der Waals surface area contributed by atoms with Crippen molar-refractivity contribution in [3.63, 3.8) is 0 Å². The van der Waals surface area contributed by atoms with Crippen LogP contribution in [0.15, 0.2) is 24.3 Å². The predicted molar refractivity (Wildman–Crippen MR) is 74.0 cm³/mol. The number of halogens is 1. The van der Waals surface area contributed by atoms with E-state index >= 15 is 0 Å². The van der Waals surface area contributed by atoms with Crippen molar-refractivity contribution in [3.8, 4) is 0 Å². The van der Waals surface area contributed by atoms with E-state index in [2.05, 4.69) is 5.32 Å². The maximum Gasteiger partial charge on any atom is 0.290 e. The average molecular weight is 285 g/mol. The van der Waals surface area contributed by atoms with E-state index in [0.29, 0.717) is 0 Å². The van der Waals surface area contributed by atoms with Crippen molar-refractivity contribution in [1.29, 1.82) is 0 Å². The third kappa shape index (κ3) is 2.79. The second kappa shape index (κ2) is 5.63. The van der Waals surface area contributed by atoms with E-state index in [4.69, 9.17) is 11.6 Å². The number of amides is 2. The fourth-order valence-electron chi connectivity index (χ4n) is 1.62. The van der Waals surface area contributed by atoms with Crippen LogP contribution in [0.3, 0.4) is 0 Å². The SMILES string of the molecule is Cc1ccc(NC2SC(=O)N(CCCl)C2=O)cc1. The normalized spacial score (nSPS) is 19.4. The second-order valence-corrected chi connectivity index (χ2v) is 5.39. The highest BCUT2D eigenvalue weighted by Gasteiger charge is 2.39. The van der Waals surface area contributed by atoms with E-state index in [9.17, 15) is 9.59 Å². The highest BCUT2D eigenvalue weighted by atomic mass is 35.5. The van der Waals surface area contributed by atoms with Crippen molar-refractivity contribution >= 4 is 40.2 Å². The summed E-state index contributed by atoms with van der Waals surface area (Å²) in [5.41, 5.74) is 1.97. The Morgan fingerprint density at radius 2 is 2.00 bits per heavy atom. The zero-order chi connectivity index (χ0) is 13.1. The number of benzene rings is 1. The summed E-state index contributed by atoms with van der Waals surface area (Å²) in [7, 11) is 0. The molecule has 1 aliphatic heterocycles. The number of hydrogen-bond acceptors (Lipinski definition) is 4. The molecule has 1 aromatic rings. The molecule has 6 heteroatoms. The molecule has 96 valence electrons. The topological polar surface area (TPSA) is 49.4 Å². The minimum absolute atomic E-state index is 0.230. The zero-order valence-electron chi connectivity index (χ0n) is 9.85. The van der Waals surface area contributed by atoms with E-state index in [1.807, 2.05) is 31.2 Å². The first-order valence-electron chi connectivity index (χ1n) is 5.53. The van der Waals surface area contributed by atoms with Gasteiger partial charge in [0, 0.05) is 18.1 Å². The summed E-state index contributed by atoms with van der Waals surface area (Å²) < 4.78 is 0. The van der Waals surface area contributed by atoms with Gasteiger partial charge in [-0.25, -0.2) is 0 Å². The van der Waals surface area contributed by atoms with Crippen molar-refractivity contribution in [2.24, 2.45) is 0 Å². The number of carbonyl (C=O) groups is 2. The summed E-state index contributed by atoms with van der Waals surface area (Å²) in [6.07, 6.45) is 0. The minimum Gasteiger partial charge on any atom is -0.365 e. The summed E-state index contributed by atoms with van der Waals surface area (Å²) in [4.78, 5) is 24.7. The number of aryl methyl sites for hydroxylation is 1. The molecule has 2 amide bonds. The molecule has 1 heterocycles. The number of nitrogens with zero attached hydrogens (tertiary/aromatic N) is 1. The van der Waals surface area contributed by atoms with Gasteiger partial charge in [-0.15, -0.1) is 11.6 Å². The van der Waals surface area contributed by atoms with Crippen LogP contribution >= 0.6 is 23.4 Å². The lowest BCUT2D eigenvalue weighted by Crippen LogP contribution is -2.35. The molecule has 1 saturated heterocycles. The van der Waals surface area contributed by atoms with Gasteiger partial charge in [0.15, 0.2) is 5.37 Å². The number of hydrogen-bond donors (Lipinski definition) is 1. The van der Waals surface area contributed by atoms with Gasteiger partial charge in [-0.05, 0) is 30.8 Å². The van der Waals surface area contributed by atoms with Gasteiger partial charge in [-0.2, -0.15) is 0 Å². The first-order chi connectivity index (χ1) is 8.61. The Labute approximate surface area is 115 Å². The summed E-state index contributed by atoms with van der Waals surface area (Å²) in [6.45, 7) is 2.25. The number of anilines is 1. The highest BCUT2D eigenvalue weighted by molar-refractivity contribution is 8.15. The molecule has 0 saturated carbocycles. The summed E-state index contributed by atoms with van der Waals surface area (Å²) in [5, 5.41) is 2.25. The summed E-state index contributed by atoms with van der Waals surface area (Å²) >= 11 is 6.55. The summed E-state index contributed by atoms with van der Waals surface area (Å²) in [5.74, 6) is 0.0289. The molecule has 0 radical (unpaired) electrons. The van der Waals surface area contributed by atoms with Gasteiger partial charge in [-0.1, -0.05) is 17.7 Å². The third-order valence-corrected chi connectivity index (χ3v) is 3.73. The largest absolute Gasteiger partial charge is 0.365 e. The number of rotatable bonds is 4. The maximum atomic E-state index is 11.9. The van der Waals surface area contributed by atoms with Crippen LogP contribution in [0.4, 0.5) is 10.5 Å². The quantitative estimate of drug-likeness (QED) is 0.864. The van der Waals surface area contributed by atoms with Crippen LogP contribution in [-0.4, -0.2) is 33.8 Å². The van der Waals surface area contributed by atoms with Crippen LogP contribution in [0.5, 0.6) is 0 Å². The molecular weight excluding hydrogens is 272 g/mol. The molecule has 1 N–H and O–H groups in total. The molecule has 1 aromatic carbocycles. The first kappa shape index (κ1) is 13.2. The third-order valence-electron chi connectivity index (χ3n) is 2.59. The van der Waals surface area contributed by atoms with Gasteiger partial charge >= 0.3 is 0 Å². The molecule has 1 unspecified atom stereocenters. The Morgan fingerprint density at radius 1 is 1.33 bits per heavy atom. The number of alkyl halides is 1. The van der Waals surface area contributed by atoms with Crippen molar-refractivity contribution in [3.05, 3.63) is 29.8 Å². The number of thioether (sulfide) groups is 1. The van der Waals surface area contributed by atoms with Crippen LogP contribution in [-0.2, 0) is 4.79 Å². The van der Waals surface area contributed by atoms with E-state index in [1.54, 1.807) is 0 Å². The van der Waals surface area contributed by atoms with Crippen LogP contribution < -0.4 is 5.32 Å². The van der Waals surface area contributed by atoms with E-state index < -0.39 is 5.37 Å². The molecule has 1 aliphatic rings. The predicted octanol–water partition coefficient (Wildman–Crippen LogP) is 2.67. The fraction of sp³-hybridized carbons (Fsp3) is 0.333. The molecule has 0 aromatic heterocycles. The molecule has 0 aliphatic carbocycles. The van der Waals surface area contributed by atoms with Crippen molar-refractivity contribution in [1.82, 2.24) is 4.90 Å². The fourth-order valence-corrected chi connectivity index (χ4v) is 2.73. The Hall–Kier alpha value is -1.20. The van der Waals surface area contributed by atoms with Crippen LogP contribution in [0.2, 0.25) is 0 Å². The highest BCUT2D eigenvalue weighted by Crippen LogP contribution is 2.28. The summed E-state index contributed by atoms with van der Waals surface area (Å²) in [6, 6.07) is 7.67. The van der Waals surface area contributed by atoms with Gasteiger partial charge in [0.1, 0.15) is 0 Å². The second-order valence-electron chi connectivity index (χ2n) is 3.95. The van der Waals surface area contributed by atoms with Crippen LogP contribution in [0.1, 0.15) is 5.56 Å². The smallest absolute Gasteiger partial charge is 0.290 e. The monoisotopic (exact) mass is 284 g/mol. The van der Waals surface area contributed by atoms with Crippen molar-refractivity contribution < 1.29 is 9.59 Å². The number of imide groups is 1. The molecule has 0 spiro atoms. The van der Waals surface area contributed by atoms with Gasteiger partial charge < -0.3 is 5.32 Å². The molecule has 1 fully saturated rings. The average Bonchev–Trinajstić information content (AvgIpc) is 2.60. The lowest BCUT2D eigenvalue weighted by molar-refractivity contribution is -0.126. The Morgan fingerprint density at radius 3 is 2.61 bits per heavy atom. The van der Waals surface area contributed by atoms with E-state index in [1.165, 1.54) is 4.90 Å².